The molecule has 24 heavy (non-hydrogen) atoms. The monoisotopic (exact) mass is 374 g/mol. The molecule has 0 bridgehead atoms. The van der Waals surface area contributed by atoms with Gasteiger partial charge in [-0.15, -0.1) is 0 Å². The third-order valence-electron chi connectivity index (χ3n) is 2.76. The average molecular weight is 374 g/mol. The molecule has 0 aliphatic rings. The summed E-state index contributed by atoms with van der Waals surface area (Å²) in [5, 5.41) is 0. The van der Waals surface area contributed by atoms with Crippen LogP contribution in [0.2, 0.25) is 0 Å². The molecule has 0 saturated carbocycles. The van der Waals surface area contributed by atoms with Crippen molar-refractivity contribution in [3.8, 4) is 0 Å². The van der Waals surface area contributed by atoms with Gasteiger partial charge in [0.2, 0.25) is 5.82 Å². The van der Waals surface area contributed by atoms with E-state index in [0.717, 1.165) is 6.92 Å². The van der Waals surface area contributed by atoms with Crippen molar-refractivity contribution in [2.75, 3.05) is 5.75 Å². The van der Waals surface area contributed by atoms with Gasteiger partial charge in [-0.05, 0) is 20.8 Å². The number of sulfone groups is 1. The first-order valence-corrected chi connectivity index (χ1v) is 8.31. The Morgan fingerprint density at radius 2 is 1.33 bits per heavy atom. The van der Waals surface area contributed by atoms with Gasteiger partial charge in [-0.25, -0.2) is 30.4 Å². The Labute approximate surface area is 135 Å². The van der Waals surface area contributed by atoms with Crippen LogP contribution >= 0.6 is 0 Å². The van der Waals surface area contributed by atoms with Gasteiger partial charge in [-0.1, -0.05) is 6.92 Å². The minimum atomic E-state index is -4.98. The van der Waals surface area contributed by atoms with E-state index in [4.69, 9.17) is 4.74 Å². The molecule has 10 heteroatoms. The molecule has 1 rings (SSSR count). The highest BCUT2D eigenvalue weighted by Crippen LogP contribution is 2.28. The molecule has 0 radical (unpaired) electrons. The van der Waals surface area contributed by atoms with Gasteiger partial charge >= 0.3 is 5.97 Å². The van der Waals surface area contributed by atoms with E-state index < -0.39 is 67.1 Å². The molecular weight excluding hydrogens is 359 g/mol. The number of carbonyl (C=O) groups excluding carboxylic acids is 1. The summed E-state index contributed by atoms with van der Waals surface area (Å²) in [6, 6.07) is 0. The van der Waals surface area contributed by atoms with E-state index in [9.17, 15) is 35.2 Å². The Morgan fingerprint density at radius 1 is 0.958 bits per heavy atom. The molecule has 1 atom stereocenters. The van der Waals surface area contributed by atoms with Gasteiger partial charge in [-0.2, -0.15) is 0 Å². The molecule has 0 heterocycles. The summed E-state index contributed by atoms with van der Waals surface area (Å²) >= 11 is 0. The molecule has 0 aromatic heterocycles. The molecule has 0 aliphatic heterocycles. The molecule has 0 aliphatic carbocycles. The maximum absolute atomic E-state index is 13.6. The van der Waals surface area contributed by atoms with Crippen LogP contribution in [0.25, 0.3) is 0 Å². The largest absolute Gasteiger partial charge is 0.460 e. The first-order valence-electron chi connectivity index (χ1n) is 6.66. The summed E-state index contributed by atoms with van der Waals surface area (Å²) in [5.41, 5.74) is -0.945. The van der Waals surface area contributed by atoms with Crippen molar-refractivity contribution in [2.24, 2.45) is 5.92 Å². The third-order valence-corrected chi connectivity index (χ3v) is 4.68. The zero-order valence-electron chi connectivity index (χ0n) is 13.2. The summed E-state index contributed by atoms with van der Waals surface area (Å²) in [6.07, 6.45) is 0. The fraction of sp³-hybridized carbons (Fsp3) is 0.500. The molecule has 1 aromatic rings. The van der Waals surface area contributed by atoms with Crippen molar-refractivity contribution < 1.29 is 39.9 Å². The Balaban J connectivity index is 3.26. The lowest BCUT2D eigenvalue weighted by molar-refractivity contribution is -0.158. The van der Waals surface area contributed by atoms with Gasteiger partial charge in [0.25, 0.3) is 0 Å². The third kappa shape index (κ3) is 4.22. The highest BCUT2D eigenvalue weighted by molar-refractivity contribution is 7.91. The molecule has 136 valence electrons. The number of rotatable bonds is 4. The van der Waals surface area contributed by atoms with Crippen molar-refractivity contribution in [1.29, 1.82) is 0 Å². The Hall–Kier alpha value is -1.71. The van der Waals surface area contributed by atoms with Crippen LogP contribution < -0.4 is 0 Å². The Morgan fingerprint density at radius 3 is 1.71 bits per heavy atom. The van der Waals surface area contributed by atoms with Gasteiger partial charge < -0.3 is 4.74 Å². The fourth-order valence-corrected chi connectivity index (χ4v) is 3.43. The van der Waals surface area contributed by atoms with Crippen molar-refractivity contribution in [2.45, 2.75) is 38.2 Å². The standard InChI is InChI=1S/C14H15F5O4S/c1-6(13(20)23-14(2,3)4)5-24(21,22)12-10(18)8(16)7(15)9(17)11(12)19/h6H,5H2,1-4H3/t6-/m0/s1. The van der Waals surface area contributed by atoms with Crippen LogP contribution in [0.4, 0.5) is 22.0 Å². The number of carbonyl (C=O) groups is 1. The van der Waals surface area contributed by atoms with Crippen molar-refractivity contribution in [3.05, 3.63) is 29.1 Å². The number of ether oxygens (including phenoxy) is 1. The molecule has 0 N–H and O–H groups in total. The fourth-order valence-electron chi connectivity index (χ4n) is 1.74. The molecule has 0 amide bonds. The Kier molecular flexibility index (Phi) is 5.64. The predicted octanol–water partition coefficient (Wildman–Crippen LogP) is 3.13. The summed E-state index contributed by atoms with van der Waals surface area (Å²) in [7, 11) is -4.98. The van der Waals surface area contributed by atoms with Gasteiger partial charge in [0.1, 0.15) is 10.5 Å². The lowest BCUT2D eigenvalue weighted by atomic mass is 10.1. The van der Waals surface area contributed by atoms with Crippen LogP contribution in [0.3, 0.4) is 0 Å². The zero-order chi connectivity index (χ0) is 19.0. The van der Waals surface area contributed by atoms with Gasteiger partial charge in [0.15, 0.2) is 33.1 Å². The summed E-state index contributed by atoms with van der Waals surface area (Å²) in [4.78, 5) is 9.78. The topological polar surface area (TPSA) is 60.4 Å². The van der Waals surface area contributed by atoms with Crippen LogP contribution in [-0.4, -0.2) is 25.7 Å². The van der Waals surface area contributed by atoms with E-state index in [1.54, 1.807) is 0 Å². The number of hydrogen-bond acceptors (Lipinski definition) is 4. The first kappa shape index (κ1) is 20.3. The second kappa shape index (κ2) is 6.66. The van der Waals surface area contributed by atoms with Crippen LogP contribution in [0.15, 0.2) is 4.90 Å². The first-order chi connectivity index (χ1) is 10.7. The molecular formula is C14H15F5O4S. The van der Waals surface area contributed by atoms with E-state index >= 15 is 0 Å². The SMILES string of the molecule is C[C@@H](CS(=O)(=O)c1c(F)c(F)c(F)c(F)c1F)C(=O)OC(C)(C)C. The quantitative estimate of drug-likeness (QED) is 0.267. The van der Waals surface area contributed by atoms with E-state index in [2.05, 4.69) is 0 Å². The number of benzene rings is 1. The molecule has 0 unspecified atom stereocenters. The summed E-state index contributed by atoms with van der Waals surface area (Å²) < 4.78 is 95.4. The minimum Gasteiger partial charge on any atom is -0.460 e. The predicted molar refractivity (Wildman–Crippen MR) is 73.3 cm³/mol. The van der Waals surface area contributed by atoms with E-state index in [1.165, 1.54) is 20.8 Å². The lowest BCUT2D eigenvalue weighted by Crippen LogP contribution is -2.31. The van der Waals surface area contributed by atoms with Crippen LogP contribution in [0.5, 0.6) is 0 Å². The lowest BCUT2D eigenvalue weighted by Gasteiger charge is -2.22. The maximum atomic E-state index is 13.6. The number of halogens is 5. The van der Waals surface area contributed by atoms with Crippen LogP contribution in [0.1, 0.15) is 27.7 Å². The second-order valence-electron chi connectivity index (χ2n) is 6.11. The second-order valence-corrected chi connectivity index (χ2v) is 8.09. The highest BCUT2D eigenvalue weighted by Gasteiger charge is 2.36. The van der Waals surface area contributed by atoms with E-state index in [-0.39, 0.29) is 0 Å². The molecule has 4 nitrogen and oxygen atoms in total. The zero-order valence-corrected chi connectivity index (χ0v) is 14.0. The molecule has 0 saturated heterocycles. The summed E-state index contributed by atoms with van der Waals surface area (Å²) in [6.45, 7) is 5.63. The maximum Gasteiger partial charge on any atom is 0.310 e. The van der Waals surface area contributed by atoms with Gasteiger partial charge in [0.05, 0.1) is 11.7 Å². The minimum absolute atomic E-state index is 0.945. The summed E-state index contributed by atoms with van der Waals surface area (Å²) in [5.74, 6) is -15.7. The highest BCUT2D eigenvalue weighted by atomic mass is 32.2. The average Bonchev–Trinajstić information content (AvgIpc) is 2.40. The van der Waals surface area contributed by atoms with Crippen molar-refractivity contribution in [1.82, 2.24) is 0 Å². The molecule has 0 fully saturated rings. The normalized spacial score (nSPS) is 13.7. The number of esters is 1. The number of hydrogen-bond donors (Lipinski definition) is 0. The van der Waals surface area contributed by atoms with Crippen LogP contribution in [0, 0.1) is 35.0 Å². The van der Waals surface area contributed by atoms with Crippen LogP contribution in [-0.2, 0) is 19.4 Å². The molecule has 1 aromatic carbocycles. The van der Waals surface area contributed by atoms with Gasteiger partial charge in [0, 0.05) is 0 Å². The van der Waals surface area contributed by atoms with Crippen molar-refractivity contribution >= 4 is 15.8 Å². The van der Waals surface area contributed by atoms with Crippen molar-refractivity contribution in [3.63, 3.8) is 0 Å². The molecule has 0 spiro atoms. The van der Waals surface area contributed by atoms with E-state index in [1.807, 2.05) is 0 Å². The van der Waals surface area contributed by atoms with E-state index in [0.29, 0.717) is 0 Å². The Bertz CT molecular complexity index is 739. The van der Waals surface area contributed by atoms with Gasteiger partial charge in [-0.3, -0.25) is 4.79 Å². The smallest absolute Gasteiger partial charge is 0.310 e.